The van der Waals surface area contributed by atoms with Crippen LogP contribution in [0.1, 0.15) is 0 Å². The largest absolute Gasteiger partial charge is 0.455 e. The Morgan fingerprint density at radius 1 is 0.395 bits per heavy atom. The molecule has 0 bridgehead atoms. The molecule has 202 valence electrons. The Bertz CT molecular complexity index is 2410. The molecule has 0 unspecified atom stereocenters. The highest BCUT2D eigenvalue weighted by atomic mass is 16.3. The summed E-state index contributed by atoms with van der Waals surface area (Å²) in [5.41, 5.74) is 8.66. The molecule has 3 nitrogen and oxygen atoms in total. The first-order chi connectivity index (χ1) is 21.3. The lowest BCUT2D eigenvalue weighted by Gasteiger charge is -2.25. The average Bonchev–Trinajstić information content (AvgIpc) is 3.64. The molecule has 0 saturated heterocycles. The first-order valence-electron chi connectivity index (χ1n) is 14.5. The Balaban J connectivity index is 1.40. The smallest absolute Gasteiger partial charge is 0.159 e. The number of rotatable bonds is 4. The molecule has 0 N–H and O–H groups in total. The van der Waals surface area contributed by atoms with Crippen LogP contribution >= 0.6 is 0 Å². The number of furan rings is 2. The lowest BCUT2D eigenvalue weighted by Crippen LogP contribution is -2.09. The quantitative estimate of drug-likeness (QED) is 0.218. The van der Waals surface area contributed by atoms with Crippen LogP contribution in [0.2, 0.25) is 0 Å². The second-order valence-electron chi connectivity index (χ2n) is 10.9. The maximum atomic E-state index is 7.04. The Kier molecular flexibility index (Phi) is 5.20. The van der Waals surface area contributed by atoms with Crippen LogP contribution in [0.3, 0.4) is 0 Å². The first-order valence-corrected chi connectivity index (χ1v) is 14.5. The van der Waals surface area contributed by atoms with E-state index < -0.39 is 0 Å². The highest BCUT2D eigenvalue weighted by Crippen LogP contribution is 2.47. The number of benzene rings is 7. The monoisotopic (exact) mass is 551 g/mol. The fourth-order valence-electron chi connectivity index (χ4n) is 6.55. The van der Waals surface area contributed by atoms with Crippen molar-refractivity contribution < 1.29 is 8.83 Å². The van der Waals surface area contributed by atoms with E-state index in [1.807, 2.05) is 24.3 Å². The van der Waals surface area contributed by atoms with Crippen LogP contribution in [0.25, 0.3) is 65.8 Å². The van der Waals surface area contributed by atoms with Gasteiger partial charge in [0.05, 0.1) is 5.69 Å². The van der Waals surface area contributed by atoms with Gasteiger partial charge in [-0.2, -0.15) is 0 Å². The summed E-state index contributed by atoms with van der Waals surface area (Å²) in [4.78, 5) is 2.27. The predicted molar refractivity (Wildman–Crippen MR) is 179 cm³/mol. The van der Waals surface area contributed by atoms with Crippen molar-refractivity contribution in [3.63, 3.8) is 0 Å². The summed E-state index contributed by atoms with van der Waals surface area (Å²) in [6, 6.07) is 52.8. The summed E-state index contributed by atoms with van der Waals surface area (Å²) in [6.07, 6.45) is 0. The molecule has 0 spiro atoms. The Labute approximate surface area is 247 Å². The van der Waals surface area contributed by atoms with Crippen molar-refractivity contribution in [2.24, 2.45) is 0 Å². The normalized spacial score (nSPS) is 11.7. The van der Waals surface area contributed by atoms with Crippen LogP contribution in [-0.2, 0) is 0 Å². The molecule has 0 atom stereocenters. The number of para-hydroxylation sites is 5. The summed E-state index contributed by atoms with van der Waals surface area (Å²) < 4.78 is 13.6. The van der Waals surface area contributed by atoms with Gasteiger partial charge in [-0.3, -0.25) is 0 Å². The number of fused-ring (bicyclic) bond motifs is 7. The summed E-state index contributed by atoms with van der Waals surface area (Å²) in [6.45, 7) is 0. The zero-order valence-electron chi connectivity index (χ0n) is 23.2. The van der Waals surface area contributed by atoms with Gasteiger partial charge in [0.15, 0.2) is 5.58 Å². The summed E-state index contributed by atoms with van der Waals surface area (Å²) in [5, 5.41) is 6.67. The molecule has 0 aliphatic heterocycles. The van der Waals surface area contributed by atoms with Gasteiger partial charge in [-0.25, -0.2) is 0 Å². The van der Waals surface area contributed by atoms with Crippen LogP contribution in [0.15, 0.2) is 160 Å². The van der Waals surface area contributed by atoms with E-state index in [1.54, 1.807) is 0 Å². The van der Waals surface area contributed by atoms with Crippen molar-refractivity contribution in [1.82, 2.24) is 0 Å². The van der Waals surface area contributed by atoms with Crippen LogP contribution in [0.4, 0.5) is 17.1 Å². The summed E-state index contributed by atoms with van der Waals surface area (Å²) in [7, 11) is 0. The van der Waals surface area contributed by atoms with E-state index >= 15 is 0 Å². The van der Waals surface area contributed by atoms with E-state index in [0.29, 0.717) is 0 Å². The first kappa shape index (κ1) is 23.9. The van der Waals surface area contributed by atoms with E-state index in [-0.39, 0.29) is 0 Å². The van der Waals surface area contributed by atoms with Gasteiger partial charge < -0.3 is 13.7 Å². The van der Waals surface area contributed by atoms with Crippen LogP contribution in [-0.4, -0.2) is 0 Å². The maximum absolute atomic E-state index is 7.04. The van der Waals surface area contributed by atoms with Crippen LogP contribution in [0, 0.1) is 0 Å². The average molecular weight is 552 g/mol. The molecule has 2 heterocycles. The highest BCUT2D eigenvalue weighted by Gasteiger charge is 2.23. The number of hydrogen-bond donors (Lipinski definition) is 0. The lowest BCUT2D eigenvalue weighted by molar-refractivity contribution is 0.665. The molecule has 3 heteroatoms. The lowest BCUT2D eigenvalue weighted by atomic mass is 9.94. The third-order valence-electron chi connectivity index (χ3n) is 8.43. The minimum atomic E-state index is 0.846. The molecular weight excluding hydrogens is 526 g/mol. The molecule has 0 saturated carbocycles. The van der Waals surface area contributed by atoms with Gasteiger partial charge in [0.2, 0.25) is 0 Å². The van der Waals surface area contributed by atoms with Gasteiger partial charge >= 0.3 is 0 Å². The zero-order chi connectivity index (χ0) is 28.3. The van der Waals surface area contributed by atoms with Gasteiger partial charge in [0, 0.05) is 44.0 Å². The van der Waals surface area contributed by atoms with Crippen molar-refractivity contribution >= 4 is 71.7 Å². The minimum absolute atomic E-state index is 0.846. The molecular formula is C40H25NO2. The van der Waals surface area contributed by atoms with Gasteiger partial charge in [-0.15, -0.1) is 0 Å². The topological polar surface area (TPSA) is 29.5 Å². The Morgan fingerprint density at radius 2 is 1.00 bits per heavy atom. The van der Waals surface area contributed by atoms with E-state index in [2.05, 4.69) is 132 Å². The standard InChI is InChI=1S/C40H25NO2/c1-3-14-27(15-4-1)41(28-16-5-2-6-17-28)35-23-12-21-32-34-25-26-13-7-8-18-29(26)37(40(34)43-39(32)35)33-22-11-20-31-30-19-9-10-24-36(30)42-38(31)33/h1-25H. The van der Waals surface area contributed by atoms with Gasteiger partial charge in [0.25, 0.3) is 0 Å². The maximum Gasteiger partial charge on any atom is 0.159 e. The molecule has 9 rings (SSSR count). The molecule has 0 aliphatic carbocycles. The fraction of sp³-hybridized carbons (Fsp3) is 0. The van der Waals surface area contributed by atoms with E-state index in [4.69, 9.17) is 8.83 Å². The second-order valence-corrected chi connectivity index (χ2v) is 10.9. The predicted octanol–water partition coefficient (Wildman–Crippen LogP) is 11.8. The number of hydrogen-bond acceptors (Lipinski definition) is 3. The summed E-state index contributed by atoms with van der Waals surface area (Å²) in [5.74, 6) is 0. The SMILES string of the molecule is c1ccc(N(c2ccccc2)c2cccc3c2oc2c(-c4cccc5c4oc4ccccc45)c4ccccc4cc23)cc1. The van der Waals surface area contributed by atoms with Gasteiger partial charge in [-0.1, -0.05) is 109 Å². The molecule has 2 aromatic heterocycles. The molecule has 0 fully saturated rings. The van der Waals surface area contributed by atoms with E-state index in [9.17, 15) is 0 Å². The van der Waals surface area contributed by atoms with Gasteiger partial charge in [0.1, 0.15) is 16.7 Å². The van der Waals surface area contributed by atoms with Crippen molar-refractivity contribution in [2.75, 3.05) is 4.90 Å². The van der Waals surface area contributed by atoms with Gasteiger partial charge in [-0.05, 0) is 53.2 Å². The van der Waals surface area contributed by atoms with Crippen LogP contribution < -0.4 is 4.90 Å². The van der Waals surface area contributed by atoms with Crippen molar-refractivity contribution in [3.8, 4) is 11.1 Å². The van der Waals surface area contributed by atoms with Crippen molar-refractivity contribution in [2.45, 2.75) is 0 Å². The van der Waals surface area contributed by atoms with Crippen molar-refractivity contribution in [3.05, 3.63) is 152 Å². The molecule has 9 aromatic rings. The third-order valence-corrected chi connectivity index (χ3v) is 8.43. The minimum Gasteiger partial charge on any atom is -0.455 e. The molecule has 43 heavy (non-hydrogen) atoms. The number of nitrogens with zero attached hydrogens (tertiary/aromatic N) is 1. The van der Waals surface area contributed by atoms with E-state index in [1.165, 1.54) is 0 Å². The highest BCUT2D eigenvalue weighted by molar-refractivity contribution is 6.23. The Hall–Kier alpha value is -5.80. The van der Waals surface area contributed by atoms with E-state index in [0.717, 1.165) is 82.8 Å². The number of anilines is 3. The molecule has 0 amide bonds. The molecule has 7 aromatic carbocycles. The summed E-state index contributed by atoms with van der Waals surface area (Å²) >= 11 is 0. The molecule has 0 radical (unpaired) electrons. The second kappa shape index (κ2) is 9.37. The Morgan fingerprint density at radius 3 is 1.77 bits per heavy atom. The third kappa shape index (κ3) is 3.62. The fourth-order valence-corrected chi connectivity index (χ4v) is 6.55. The molecule has 0 aliphatic rings. The van der Waals surface area contributed by atoms with Crippen molar-refractivity contribution in [1.29, 1.82) is 0 Å². The van der Waals surface area contributed by atoms with Crippen LogP contribution in [0.5, 0.6) is 0 Å². The zero-order valence-corrected chi connectivity index (χ0v) is 23.2.